The van der Waals surface area contributed by atoms with Crippen molar-refractivity contribution in [2.24, 2.45) is 0 Å². The van der Waals surface area contributed by atoms with E-state index >= 15 is 0 Å². The van der Waals surface area contributed by atoms with Crippen molar-refractivity contribution in [1.82, 2.24) is 14.9 Å². The average Bonchev–Trinajstić information content (AvgIpc) is 2.55. The summed E-state index contributed by atoms with van der Waals surface area (Å²) in [7, 11) is 0. The fourth-order valence-corrected chi connectivity index (χ4v) is 2.53. The number of anilines is 2. The van der Waals surface area contributed by atoms with Gasteiger partial charge in [-0.3, -0.25) is 5.32 Å². The third-order valence-corrected chi connectivity index (χ3v) is 3.73. The van der Waals surface area contributed by atoms with Crippen molar-refractivity contribution in [3.8, 4) is 0 Å². The number of amides is 2. The minimum absolute atomic E-state index is 0.191. The summed E-state index contributed by atoms with van der Waals surface area (Å²) < 4.78 is 13.7. The molecular weight excluding hydrogens is 297 g/mol. The Morgan fingerprint density at radius 1 is 1.17 bits per heavy atom. The number of nitrogens with one attached hydrogen (secondary N) is 1. The average molecular weight is 315 g/mol. The van der Waals surface area contributed by atoms with Crippen LogP contribution in [0.15, 0.2) is 36.5 Å². The van der Waals surface area contributed by atoms with Crippen molar-refractivity contribution in [2.75, 3.05) is 36.4 Å². The maximum absolute atomic E-state index is 13.7. The summed E-state index contributed by atoms with van der Waals surface area (Å²) in [5, 5.41) is 2.79. The van der Waals surface area contributed by atoms with Crippen LogP contribution in [-0.2, 0) is 0 Å². The quantitative estimate of drug-likeness (QED) is 0.923. The number of carbonyl (C=O) groups excluding carboxylic acids is 1. The molecule has 1 N–H and O–H groups in total. The van der Waals surface area contributed by atoms with Crippen molar-refractivity contribution in [2.45, 2.75) is 6.92 Å². The van der Waals surface area contributed by atoms with Crippen molar-refractivity contribution in [3.63, 3.8) is 0 Å². The molecule has 6 nitrogen and oxygen atoms in total. The minimum atomic E-state index is -0.339. The molecule has 0 radical (unpaired) electrons. The maximum atomic E-state index is 13.7. The van der Waals surface area contributed by atoms with Gasteiger partial charge in [-0.05, 0) is 31.2 Å². The third-order valence-electron chi connectivity index (χ3n) is 3.73. The molecule has 120 valence electrons. The molecule has 2 aromatic rings. The summed E-state index contributed by atoms with van der Waals surface area (Å²) in [5.41, 5.74) is 0.846. The summed E-state index contributed by atoms with van der Waals surface area (Å²) in [6.45, 7) is 3.97. The first kappa shape index (κ1) is 15.2. The van der Waals surface area contributed by atoms with E-state index in [0.29, 0.717) is 37.8 Å². The molecule has 3 heterocycles. The molecule has 0 spiro atoms. The van der Waals surface area contributed by atoms with Crippen LogP contribution in [0.2, 0.25) is 0 Å². The van der Waals surface area contributed by atoms with Crippen molar-refractivity contribution >= 4 is 17.7 Å². The Morgan fingerprint density at radius 3 is 2.65 bits per heavy atom. The van der Waals surface area contributed by atoms with E-state index in [0.717, 1.165) is 5.69 Å². The van der Waals surface area contributed by atoms with E-state index in [9.17, 15) is 9.18 Å². The number of piperazine rings is 1. The Bertz CT molecular complexity index is 700. The predicted octanol–water partition coefficient (Wildman–Crippen LogP) is 2.28. The number of pyridine rings is 2. The highest BCUT2D eigenvalue weighted by molar-refractivity contribution is 5.88. The second-order valence-corrected chi connectivity index (χ2v) is 5.38. The molecule has 1 aliphatic heterocycles. The lowest BCUT2D eigenvalue weighted by atomic mass is 10.3. The lowest BCUT2D eigenvalue weighted by molar-refractivity contribution is 0.208. The molecule has 0 aromatic carbocycles. The molecule has 3 rings (SSSR count). The molecule has 2 aromatic heterocycles. The second kappa shape index (κ2) is 6.60. The maximum Gasteiger partial charge on any atom is 0.323 e. The highest BCUT2D eigenvalue weighted by Gasteiger charge is 2.23. The molecule has 2 amide bonds. The monoisotopic (exact) mass is 315 g/mol. The number of nitrogens with zero attached hydrogens (tertiary/aromatic N) is 4. The van der Waals surface area contributed by atoms with E-state index in [2.05, 4.69) is 15.3 Å². The molecule has 0 unspecified atom stereocenters. The van der Waals surface area contributed by atoms with Crippen molar-refractivity contribution < 1.29 is 9.18 Å². The summed E-state index contributed by atoms with van der Waals surface area (Å²) in [4.78, 5) is 24.1. The smallest absolute Gasteiger partial charge is 0.323 e. The van der Waals surface area contributed by atoms with Crippen molar-refractivity contribution in [1.29, 1.82) is 0 Å². The number of rotatable bonds is 2. The van der Waals surface area contributed by atoms with Crippen LogP contribution in [-0.4, -0.2) is 47.1 Å². The van der Waals surface area contributed by atoms with E-state index in [1.54, 1.807) is 23.2 Å². The Labute approximate surface area is 134 Å². The first-order valence-electron chi connectivity index (χ1n) is 7.48. The third kappa shape index (κ3) is 3.56. The van der Waals surface area contributed by atoms with Crippen LogP contribution in [0.3, 0.4) is 0 Å². The van der Waals surface area contributed by atoms with Gasteiger partial charge < -0.3 is 9.80 Å². The number of urea groups is 1. The highest BCUT2D eigenvalue weighted by atomic mass is 19.1. The largest absolute Gasteiger partial charge is 0.351 e. The predicted molar refractivity (Wildman–Crippen MR) is 86.0 cm³/mol. The van der Waals surface area contributed by atoms with E-state index < -0.39 is 0 Å². The first-order valence-corrected chi connectivity index (χ1v) is 7.48. The molecule has 23 heavy (non-hydrogen) atoms. The van der Waals surface area contributed by atoms with Crippen LogP contribution >= 0.6 is 0 Å². The van der Waals surface area contributed by atoms with Gasteiger partial charge in [0.05, 0.1) is 0 Å². The van der Waals surface area contributed by atoms with Crippen LogP contribution < -0.4 is 10.2 Å². The van der Waals surface area contributed by atoms with E-state index in [4.69, 9.17) is 0 Å². The van der Waals surface area contributed by atoms with Gasteiger partial charge >= 0.3 is 6.03 Å². The molecule has 1 saturated heterocycles. The normalized spacial score (nSPS) is 14.7. The van der Waals surface area contributed by atoms with Gasteiger partial charge in [0.1, 0.15) is 5.82 Å². The first-order chi connectivity index (χ1) is 11.1. The summed E-state index contributed by atoms with van der Waals surface area (Å²) >= 11 is 0. The van der Waals surface area contributed by atoms with Gasteiger partial charge in [0, 0.05) is 38.1 Å². The fourth-order valence-electron chi connectivity index (χ4n) is 2.53. The Hall–Kier alpha value is -2.70. The van der Waals surface area contributed by atoms with Gasteiger partial charge in [-0.2, -0.15) is 0 Å². The fraction of sp³-hybridized carbons (Fsp3) is 0.312. The molecule has 1 aliphatic rings. The number of aryl methyl sites for hydroxylation is 1. The van der Waals surface area contributed by atoms with Gasteiger partial charge in [-0.25, -0.2) is 19.2 Å². The van der Waals surface area contributed by atoms with Gasteiger partial charge in [0.2, 0.25) is 0 Å². The zero-order chi connectivity index (χ0) is 16.2. The molecule has 0 bridgehead atoms. The topological polar surface area (TPSA) is 61.4 Å². The molecule has 0 saturated carbocycles. The van der Waals surface area contributed by atoms with E-state index in [1.807, 2.05) is 24.0 Å². The van der Waals surface area contributed by atoms with Crippen LogP contribution in [0.4, 0.5) is 20.8 Å². The van der Waals surface area contributed by atoms with E-state index in [-0.39, 0.29) is 11.8 Å². The van der Waals surface area contributed by atoms with Crippen LogP contribution in [0.1, 0.15) is 5.69 Å². The summed E-state index contributed by atoms with van der Waals surface area (Å²) in [5.74, 6) is 0.537. The standard InChI is InChI=1S/C16H18FN5O/c1-12-4-2-6-14(19-12)20-16(23)22-10-8-21(9-11-22)15-13(17)5-3-7-18-15/h2-7H,8-11H2,1H3,(H,19,20,23). The summed E-state index contributed by atoms with van der Waals surface area (Å²) in [6.07, 6.45) is 1.57. The molecule has 0 aliphatic carbocycles. The lowest BCUT2D eigenvalue weighted by Crippen LogP contribution is -2.50. The van der Waals surface area contributed by atoms with Crippen LogP contribution in [0, 0.1) is 12.7 Å². The zero-order valence-electron chi connectivity index (χ0n) is 12.9. The Kier molecular flexibility index (Phi) is 4.36. The van der Waals surface area contributed by atoms with Crippen molar-refractivity contribution in [3.05, 3.63) is 48.0 Å². The molecular formula is C16H18FN5O. The van der Waals surface area contributed by atoms with Gasteiger partial charge in [-0.15, -0.1) is 0 Å². The van der Waals surface area contributed by atoms with Crippen LogP contribution in [0.5, 0.6) is 0 Å². The number of aromatic nitrogens is 2. The Morgan fingerprint density at radius 2 is 1.96 bits per heavy atom. The van der Waals surface area contributed by atoms with Gasteiger partial charge in [-0.1, -0.05) is 6.07 Å². The summed E-state index contributed by atoms with van der Waals surface area (Å²) in [6, 6.07) is 8.24. The molecule has 7 heteroatoms. The lowest BCUT2D eigenvalue weighted by Gasteiger charge is -2.35. The molecule has 1 fully saturated rings. The zero-order valence-corrected chi connectivity index (χ0v) is 12.9. The highest BCUT2D eigenvalue weighted by Crippen LogP contribution is 2.17. The van der Waals surface area contributed by atoms with E-state index in [1.165, 1.54) is 6.07 Å². The number of hydrogen-bond acceptors (Lipinski definition) is 4. The van der Waals surface area contributed by atoms with Gasteiger partial charge in [0.25, 0.3) is 0 Å². The number of halogens is 1. The minimum Gasteiger partial charge on any atom is -0.351 e. The van der Waals surface area contributed by atoms with Gasteiger partial charge in [0.15, 0.2) is 11.6 Å². The number of hydrogen-bond donors (Lipinski definition) is 1. The Balaban J connectivity index is 1.58. The van der Waals surface area contributed by atoms with Crippen LogP contribution in [0.25, 0.3) is 0 Å². The SMILES string of the molecule is Cc1cccc(NC(=O)N2CCN(c3ncccc3F)CC2)n1. The number of carbonyl (C=O) groups is 1. The second-order valence-electron chi connectivity index (χ2n) is 5.38. The molecule has 0 atom stereocenters.